The second kappa shape index (κ2) is 3.85. The van der Waals surface area contributed by atoms with Crippen LogP contribution >= 0.6 is 0 Å². The summed E-state index contributed by atoms with van der Waals surface area (Å²) < 4.78 is 17.8. The normalized spacial score (nSPS) is 13.3. The van der Waals surface area contributed by atoms with Crippen molar-refractivity contribution < 1.29 is 13.9 Å². The zero-order valence-corrected chi connectivity index (χ0v) is 8.42. The van der Waals surface area contributed by atoms with Gasteiger partial charge in [0, 0.05) is 12.0 Å². The Hall–Kier alpha value is -1.64. The lowest BCUT2D eigenvalue weighted by atomic mass is 10.1. The van der Waals surface area contributed by atoms with Crippen molar-refractivity contribution in [2.45, 2.75) is 13.3 Å². The summed E-state index contributed by atoms with van der Waals surface area (Å²) in [5.41, 5.74) is 2.34. The number of benzene rings is 1. The van der Waals surface area contributed by atoms with Gasteiger partial charge in [-0.05, 0) is 36.3 Å². The van der Waals surface area contributed by atoms with E-state index in [4.69, 9.17) is 4.74 Å². The molecule has 1 aromatic carbocycles. The van der Waals surface area contributed by atoms with E-state index < -0.39 is 0 Å². The molecule has 1 aliphatic carbocycles. The molecular formula is C12H11FO2. The Morgan fingerprint density at radius 1 is 1.53 bits per heavy atom. The number of fused-ring (bicyclic) bond motifs is 1. The van der Waals surface area contributed by atoms with Crippen molar-refractivity contribution in [1.82, 2.24) is 0 Å². The Morgan fingerprint density at radius 3 is 3.07 bits per heavy atom. The fraction of sp³-hybridized carbons (Fsp3) is 0.250. The van der Waals surface area contributed by atoms with E-state index in [0.29, 0.717) is 18.6 Å². The monoisotopic (exact) mass is 206 g/mol. The molecule has 1 aliphatic rings. The fourth-order valence-corrected chi connectivity index (χ4v) is 1.66. The third kappa shape index (κ3) is 1.91. The standard InChI is InChI=1S/C12H11FO2/c1-2-15-12(14)10-5-8-3-4-11(13)7-9(8)6-10/h3-4,6-7H,2,5H2,1H3. The average molecular weight is 206 g/mol. The molecule has 78 valence electrons. The molecule has 0 heterocycles. The van der Waals surface area contributed by atoms with Gasteiger partial charge in [-0.2, -0.15) is 0 Å². The quantitative estimate of drug-likeness (QED) is 0.694. The maximum Gasteiger partial charge on any atom is 0.334 e. The lowest BCUT2D eigenvalue weighted by Crippen LogP contribution is -2.07. The first-order valence-electron chi connectivity index (χ1n) is 4.87. The average Bonchev–Trinajstić information content (AvgIpc) is 2.60. The zero-order valence-electron chi connectivity index (χ0n) is 8.42. The number of hydrogen-bond acceptors (Lipinski definition) is 2. The summed E-state index contributed by atoms with van der Waals surface area (Å²) in [6.07, 6.45) is 2.23. The zero-order chi connectivity index (χ0) is 10.8. The van der Waals surface area contributed by atoms with Crippen LogP contribution in [0.3, 0.4) is 0 Å². The molecule has 0 amide bonds. The molecule has 0 unspecified atom stereocenters. The van der Waals surface area contributed by atoms with Crippen LogP contribution in [0.1, 0.15) is 18.1 Å². The largest absolute Gasteiger partial charge is 0.463 e. The first-order chi connectivity index (χ1) is 7.20. The van der Waals surface area contributed by atoms with Gasteiger partial charge in [-0.3, -0.25) is 0 Å². The highest BCUT2D eigenvalue weighted by Gasteiger charge is 2.19. The number of hydrogen-bond donors (Lipinski definition) is 0. The van der Waals surface area contributed by atoms with Gasteiger partial charge in [-0.15, -0.1) is 0 Å². The van der Waals surface area contributed by atoms with Gasteiger partial charge in [0.25, 0.3) is 0 Å². The summed E-state index contributed by atoms with van der Waals surface area (Å²) >= 11 is 0. The Kier molecular flexibility index (Phi) is 2.54. The van der Waals surface area contributed by atoms with Crippen LogP contribution in [0.2, 0.25) is 0 Å². The number of carbonyl (C=O) groups is 1. The molecule has 0 radical (unpaired) electrons. The van der Waals surface area contributed by atoms with Gasteiger partial charge in [-0.25, -0.2) is 9.18 Å². The van der Waals surface area contributed by atoms with Crippen LogP contribution in [0.15, 0.2) is 23.8 Å². The van der Waals surface area contributed by atoms with Gasteiger partial charge in [0.05, 0.1) is 6.61 Å². The van der Waals surface area contributed by atoms with E-state index in [2.05, 4.69) is 0 Å². The van der Waals surface area contributed by atoms with Crippen LogP contribution in [0.25, 0.3) is 6.08 Å². The molecular weight excluding hydrogens is 195 g/mol. The highest BCUT2D eigenvalue weighted by atomic mass is 19.1. The van der Waals surface area contributed by atoms with E-state index in [0.717, 1.165) is 11.1 Å². The second-order valence-electron chi connectivity index (χ2n) is 3.41. The number of rotatable bonds is 2. The molecule has 15 heavy (non-hydrogen) atoms. The number of esters is 1. The molecule has 0 aliphatic heterocycles. The molecule has 0 aromatic heterocycles. The van der Waals surface area contributed by atoms with Gasteiger partial charge in [0.2, 0.25) is 0 Å². The van der Waals surface area contributed by atoms with Crippen molar-refractivity contribution in [3.63, 3.8) is 0 Å². The van der Waals surface area contributed by atoms with Gasteiger partial charge in [0.15, 0.2) is 0 Å². The smallest absolute Gasteiger partial charge is 0.334 e. The number of carbonyl (C=O) groups excluding carboxylic acids is 1. The van der Waals surface area contributed by atoms with Crippen LogP contribution in [-0.4, -0.2) is 12.6 Å². The predicted molar refractivity (Wildman–Crippen MR) is 54.7 cm³/mol. The van der Waals surface area contributed by atoms with Crippen molar-refractivity contribution in [2.75, 3.05) is 6.61 Å². The summed E-state index contributed by atoms with van der Waals surface area (Å²) in [6, 6.07) is 4.54. The molecule has 3 heteroatoms. The summed E-state index contributed by atoms with van der Waals surface area (Å²) in [4.78, 5) is 11.4. The Morgan fingerprint density at radius 2 is 2.33 bits per heavy atom. The van der Waals surface area contributed by atoms with Crippen LogP contribution in [0.4, 0.5) is 4.39 Å². The Bertz CT molecular complexity index is 435. The molecule has 0 bridgehead atoms. The van der Waals surface area contributed by atoms with Crippen molar-refractivity contribution in [1.29, 1.82) is 0 Å². The van der Waals surface area contributed by atoms with E-state index in [1.165, 1.54) is 12.1 Å². The van der Waals surface area contributed by atoms with E-state index in [-0.39, 0.29) is 11.8 Å². The minimum Gasteiger partial charge on any atom is -0.463 e. The first-order valence-corrected chi connectivity index (χ1v) is 4.87. The van der Waals surface area contributed by atoms with Crippen molar-refractivity contribution in [3.8, 4) is 0 Å². The maximum absolute atomic E-state index is 12.9. The summed E-state index contributed by atoms with van der Waals surface area (Å²) in [5, 5.41) is 0. The number of ether oxygens (including phenoxy) is 1. The van der Waals surface area contributed by atoms with Gasteiger partial charge in [0.1, 0.15) is 5.82 Å². The highest BCUT2D eigenvalue weighted by molar-refractivity contribution is 5.96. The van der Waals surface area contributed by atoms with E-state index in [1.807, 2.05) is 0 Å². The van der Waals surface area contributed by atoms with Crippen LogP contribution in [0.5, 0.6) is 0 Å². The van der Waals surface area contributed by atoms with Crippen LogP contribution < -0.4 is 0 Å². The minimum atomic E-state index is -0.311. The van der Waals surface area contributed by atoms with E-state index >= 15 is 0 Å². The van der Waals surface area contributed by atoms with Gasteiger partial charge >= 0.3 is 5.97 Å². The molecule has 0 spiro atoms. The van der Waals surface area contributed by atoms with E-state index in [9.17, 15) is 9.18 Å². The lowest BCUT2D eigenvalue weighted by Gasteiger charge is -2.01. The fourth-order valence-electron chi connectivity index (χ4n) is 1.66. The molecule has 2 nitrogen and oxygen atoms in total. The molecule has 2 rings (SSSR count). The molecule has 0 atom stereocenters. The third-order valence-corrected chi connectivity index (χ3v) is 2.36. The predicted octanol–water partition coefficient (Wildman–Crippen LogP) is 2.33. The molecule has 0 saturated heterocycles. The topological polar surface area (TPSA) is 26.3 Å². The Balaban J connectivity index is 2.23. The van der Waals surface area contributed by atoms with Crippen molar-refractivity contribution >= 4 is 12.0 Å². The van der Waals surface area contributed by atoms with Crippen molar-refractivity contribution in [3.05, 3.63) is 40.7 Å². The SMILES string of the molecule is CCOC(=O)C1=Cc2cc(F)ccc2C1. The summed E-state index contributed by atoms with van der Waals surface area (Å²) in [5.74, 6) is -0.593. The summed E-state index contributed by atoms with van der Waals surface area (Å²) in [6.45, 7) is 2.13. The Labute approximate surface area is 87.4 Å². The second-order valence-corrected chi connectivity index (χ2v) is 3.41. The molecule has 0 fully saturated rings. The minimum absolute atomic E-state index is 0.282. The lowest BCUT2D eigenvalue weighted by molar-refractivity contribution is -0.138. The summed E-state index contributed by atoms with van der Waals surface area (Å²) in [7, 11) is 0. The van der Waals surface area contributed by atoms with Gasteiger partial charge in [-0.1, -0.05) is 6.07 Å². The molecule has 0 N–H and O–H groups in total. The maximum atomic E-state index is 12.9. The van der Waals surface area contributed by atoms with Gasteiger partial charge < -0.3 is 4.74 Å². The van der Waals surface area contributed by atoms with Crippen LogP contribution in [-0.2, 0) is 16.0 Å². The van der Waals surface area contributed by atoms with Crippen molar-refractivity contribution in [2.24, 2.45) is 0 Å². The molecule has 1 aromatic rings. The van der Waals surface area contributed by atoms with E-state index in [1.54, 1.807) is 19.1 Å². The first kappa shape index (κ1) is 9.90. The third-order valence-electron chi connectivity index (χ3n) is 2.36. The number of halogens is 1. The highest BCUT2D eigenvalue weighted by Crippen LogP contribution is 2.26. The molecule has 0 saturated carbocycles. The van der Waals surface area contributed by atoms with Crippen LogP contribution in [0, 0.1) is 5.82 Å².